The van der Waals surface area contributed by atoms with Gasteiger partial charge in [-0.05, 0) is 98.6 Å². The minimum Gasteiger partial charge on any atom is -0.398 e. The highest BCUT2D eigenvalue weighted by atomic mass is 19.1. The van der Waals surface area contributed by atoms with Crippen molar-refractivity contribution >= 4 is 28.0 Å². The summed E-state index contributed by atoms with van der Waals surface area (Å²) in [5.41, 5.74) is 14.4. The van der Waals surface area contributed by atoms with E-state index in [0.29, 0.717) is 34.7 Å². The Labute approximate surface area is 263 Å². The number of fused-ring (bicyclic) bond motifs is 1. The molecule has 0 saturated heterocycles. The zero-order valence-corrected chi connectivity index (χ0v) is 26.0. The van der Waals surface area contributed by atoms with E-state index in [9.17, 15) is 4.39 Å². The maximum absolute atomic E-state index is 14.7. The van der Waals surface area contributed by atoms with Crippen molar-refractivity contribution in [3.63, 3.8) is 0 Å². The van der Waals surface area contributed by atoms with Crippen LogP contribution in [0.2, 0.25) is 0 Å². The monoisotopic (exact) mass is 604 g/mol. The maximum atomic E-state index is 14.7. The van der Waals surface area contributed by atoms with Crippen molar-refractivity contribution in [3.05, 3.63) is 96.0 Å². The summed E-state index contributed by atoms with van der Waals surface area (Å²) in [6.45, 7) is 3.35. The number of nitrogen functional groups attached to an aromatic ring is 1. The van der Waals surface area contributed by atoms with E-state index < -0.39 is 0 Å². The molecule has 45 heavy (non-hydrogen) atoms. The highest BCUT2D eigenvalue weighted by molar-refractivity contribution is 6.15. The minimum absolute atomic E-state index is 0.268. The van der Waals surface area contributed by atoms with Crippen LogP contribution in [0.15, 0.2) is 73.3 Å². The maximum Gasteiger partial charge on any atom is 0.125 e. The van der Waals surface area contributed by atoms with E-state index in [-0.39, 0.29) is 11.5 Å². The fourth-order valence-electron chi connectivity index (χ4n) is 6.16. The van der Waals surface area contributed by atoms with Crippen molar-refractivity contribution < 1.29 is 4.39 Å². The molecule has 0 unspecified atom stereocenters. The summed E-state index contributed by atoms with van der Waals surface area (Å²) in [4.78, 5) is 14.3. The second-order valence-corrected chi connectivity index (χ2v) is 12.3. The lowest BCUT2D eigenvalue weighted by atomic mass is 9.98. The van der Waals surface area contributed by atoms with Gasteiger partial charge in [0.1, 0.15) is 5.82 Å². The molecule has 6 rings (SSSR count). The van der Waals surface area contributed by atoms with Gasteiger partial charge in [0.25, 0.3) is 0 Å². The molecule has 0 aliphatic heterocycles. The number of hydrogen-bond donors (Lipinski definition) is 5. The average molecular weight is 605 g/mol. The molecule has 6 N–H and O–H groups in total. The third kappa shape index (κ3) is 7.21. The summed E-state index contributed by atoms with van der Waals surface area (Å²) in [7, 11) is 4.00. The van der Waals surface area contributed by atoms with E-state index >= 15 is 0 Å². The van der Waals surface area contributed by atoms with Crippen LogP contribution in [0.1, 0.15) is 42.5 Å². The van der Waals surface area contributed by atoms with Crippen molar-refractivity contribution in [2.24, 2.45) is 5.92 Å². The highest BCUT2D eigenvalue weighted by Crippen LogP contribution is 2.33. The quantitative estimate of drug-likeness (QED) is 0.0801. The Morgan fingerprint density at radius 3 is 2.62 bits per heavy atom. The van der Waals surface area contributed by atoms with Crippen molar-refractivity contribution in [2.75, 3.05) is 44.8 Å². The van der Waals surface area contributed by atoms with Crippen LogP contribution in [0, 0.1) is 17.1 Å². The second kappa shape index (κ2) is 13.6. The van der Waals surface area contributed by atoms with Crippen molar-refractivity contribution in [3.8, 4) is 22.3 Å². The molecule has 0 atom stereocenters. The van der Waals surface area contributed by atoms with Gasteiger partial charge < -0.3 is 26.3 Å². The minimum atomic E-state index is -0.326. The summed E-state index contributed by atoms with van der Waals surface area (Å²) < 4.78 is 14.7. The predicted octanol–water partition coefficient (Wildman–Crippen LogP) is 6.68. The molecule has 0 bridgehead atoms. The fraction of sp³-hybridized carbons (Fsp3) is 0.306. The largest absolute Gasteiger partial charge is 0.398 e. The molecule has 8 nitrogen and oxygen atoms in total. The molecule has 3 aromatic heterocycles. The van der Waals surface area contributed by atoms with Gasteiger partial charge in [0.05, 0.1) is 23.1 Å². The first-order valence-electron chi connectivity index (χ1n) is 15.6. The van der Waals surface area contributed by atoms with Crippen LogP contribution in [-0.2, 0) is 6.54 Å². The van der Waals surface area contributed by atoms with Crippen LogP contribution in [-0.4, -0.2) is 59.3 Å². The summed E-state index contributed by atoms with van der Waals surface area (Å²) in [5, 5.41) is 16.9. The number of H-pyrrole nitrogens is 1. The van der Waals surface area contributed by atoms with Crippen LogP contribution in [0.3, 0.4) is 0 Å². The van der Waals surface area contributed by atoms with E-state index in [1.807, 2.05) is 56.8 Å². The molecule has 0 amide bonds. The van der Waals surface area contributed by atoms with Crippen LogP contribution in [0.4, 0.5) is 15.8 Å². The van der Waals surface area contributed by atoms with Crippen LogP contribution in [0.5, 0.6) is 0 Å². The molecular weight excluding hydrogens is 563 g/mol. The topological polar surface area (TPSA) is 119 Å². The molecule has 0 spiro atoms. The number of rotatable bonds is 12. The Hall–Kier alpha value is -4.60. The van der Waals surface area contributed by atoms with Gasteiger partial charge in [0.2, 0.25) is 0 Å². The normalized spacial score (nSPS) is 13.6. The molecule has 232 valence electrons. The van der Waals surface area contributed by atoms with Gasteiger partial charge in [0, 0.05) is 71.7 Å². The van der Waals surface area contributed by atoms with E-state index in [2.05, 4.69) is 36.6 Å². The SMILES string of the molecule is CN(C)CCNc1cc(F)cc(-c2cncc3[nH]c(C(=N)c4cc(-c5cncc(CNCC6CCCC6)c5)ccc4N)cc23)c1. The lowest BCUT2D eigenvalue weighted by molar-refractivity contribution is 0.425. The Morgan fingerprint density at radius 2 is 1.80 bits per heavy atom. The lowest BCUT2D eigenvalue weighted by Gasteiger charge is -2.13. The number of nitrogens with zero attached hydrogens (tertiary/aromatic N) is 3. The van der Waals surface area contributed by atoms with Gasteiger partial charge in [0.15, 0.2) is 0 Å². The molecule has 9 heteroatoms. The molecule has 1 aliphatic rings. The highest BCUT2D eigenvalue weighted by Gasteiger charge is 2.17. The summed E-state index contributed by atoms with van der Waals surface area (Å²) in [6.07, 6.45) is 12.5. The van der Waals surface area contributed by atoms with Crippen molar-refractivity contribution in [2.45, 2.75) is 32.2 Å². The number of aromatic amines is 1. The summed E-state index contributed by atoms with van der Waals surface area (Å²) >= 11 is 0. The zero-order valence-electron chi connectivity index (χ0n) is 26.0. The predicted molar refractivity (Wildman–Crippen MR) is 182 cm³/mol. The molecular formula is C36H41FN8. The number of anilines is 2. The summed E-state index contributed by atoms with van der Waals surface area (Å²) in [5.74, 6) is 0.456. The number of aromatic nitrogens is 3. The van der Waals surface area contributed by atoms with Crippen LogP contribution < -0.4 is 16.4 Å². The average Bonchev–Trinajstić information content (AvgIpc) is 3.71. The van der Waals surface area contributed by atoms with E-state index in [4.69, 9.17) is 11.1 Å². The molecule has 5 aromatic rings. The smallest absolute Gasteiger partial charge is 0.125 e. The molecule has 3 heterocycles. The van der Waals surface area contributed by atoms with Gasteiger partial charge >= 0.3 is 0 Å². The first kappa shape index (κ1) is 30.4. The standard InChI is InChI=1S/C36H41FN8/c1-45(2)10-9-43-29-13-26(12-28(37)15-29)32-21-42-22-35-30(32)16-34(44-35)36(39)31-14-25(7-8-33(31)38)27-11-24(19-41-20-27)18-40-17-23-5-3-4-6-23/h7-8,11-16,19-23,39-40,43-44H,3-6,9-10,17-18,38H2,1-2H3. The fourth-order valence-corrected chi connectivity index (χ4v) is 6.16. The van der Waals surface area contributed by atoms with Crippen LogP contribution >= 0.6 is 0 Å². The first-order valence-corrected chi connectivity index (χ1v) is 15.6. The molecule has 1 saturated carbocycles. The number of benzene rings is 2. The van der Waals surface area contributed by atoms with Gasteiger partial charge in [-0.3, -0.25) is 15.4 Å². The third-order valence-electron chi connectivity index (χ3n) is 8.60. The lowest BCUT2D eigenvalue weighted by Crippen LogP contribution is -2.20. The Morgan fingerprint density at radius 1 is 0.978 bits per heavy atom. The van der Waals surface area contributed by atoms with E-state index in [0.717, 1.165) is 58.7 Å². The van der Waals surface area contributed by atoms with E-state index in [1.165, 1.54) is 37.8 Å². The second-order valence-electron chi connectivity index (χ2n) is 12.3. The third-order valence-corrected chi connectivity index (χ3v) is 8.60. The van der Waals surface area contributed by atoms with Gasteiger partial charge in [-0.15, -0.1) is 0 Å². The number of nitrogens with one attached hydrogen (secondary N) is 4. The van der Waals surface area contributed by atoms with Gasteiger partial charge in [-0.1, -0.05) is 18.9 Å². The van der Waals surface area contributed by atoms with Gasteiger partial charge in [-0.25, -0.2) is 4.39 Å². The molecule has 1 aliphatic carbocycles. The Kier molecular flexibility index (Phi) is 9.18. The Balaban J connectivity index is 1.24. The number of hydrogen-bond acceptors (Lipinski definition) is 7. The first-order chi connectivity index (χ1) is 21.8. The number of halogens is 1. The molecule has 2 aromatic carbocycles. The zero-order chi connectivity index (χ0) is 31.3. The summed E-state index contributed by atoms with van der Waals surface area (Å²) in [6, 6.07) is 14.8. The number of pyridine rings is 2. The van der Waals surface area contributed by atoms with Gasteiger partial charge in [-0.2, -0.15) is 0 Å². The van der Waals surface area contributed by atoms with Crippen molar-refractivity contribution in [1.29, 1.82) is 5.41 Å². The van der Waals surface area contributed by atoms with Crippen molar-refractivity contribution in [1.82, 2.24) is 25.2 Å². The van der Waals surface area contributed by atoms with Crippen LogP contribution in [0.25, 0.3) is 33.2 Å². The number of likely N-dealkylation sites (N-methyl/N-ethyl adjacent to an activating group) is 1. The Bertz CT molecular complexity index is 1800. The molecule has 0 radical (unpaired) electrons. The van der Waals surface area contributed by atoms with E-state index in [1.54, 1.807) is 12.4 Å². The molecule has 1 fully saturated rings. The number of nitrogens with two attached hydrogens (primary N) is 1.